The summed E-state index contributed by atoms with van der Waals surface area (Å²) in [5, 5.41) is 14.7. The Morgan fingerprint density at radius 3 is 2.84 bits per heavy atom. The van der Waals surface area contributed by atoms with Crippen LogP contribution in [0.4, 0.5) is 5.69 Å². The number of aryl methyl sites for hydroxylation is 1. The highest BCUT2D eigenvalue weighted by Crippen LogP contribution is 2.19. The van der Waals surface area contributed by atoms with Gasteiger partial charge in [0.05, 0.1) is 5.69 Å². The van der Waals surface area contributed by atoms with Crippen LogP contribution in [-0.2, 0) is 0 Å². The van der Waals surface area contributed by atoms with Gasteiger partial charge in [0.1, 0.15) is 6.33 Å². The van der Waals surface area contributed by atoms with E-state index in [1.807, 2.05) is 6.07 Å². The second-order valence-corrected chi connectivity index (χ2v) is 4.74. The summed E-state index contributed by atoms with van der Waals surface area (Å²) in [6, 6.07) is 6.20. The zero-order valence-electron chi connectivity index (χ0n) is 11.6. The van der Waals surface area contributed by atoms with E-state index in [0.717, 1.165) is 17.9 Å². The number of hydrogen-bond donors (Lipinski definition) is 1. The lowest BCUT2D eigenvalue weighted by molar-refractivity contribution is 0.685. The third kappa shape index (κ3) is 3.77. The minimum absolute atomic E-state index is 0.978. The molecule has 2 aromatic rings. The van der Waals surface area contributed by atoms with Crippen LogP contribution in [0.25, 0.3) is 5.69 Å². The van der Waals surface area contributed by atoms with Gasteiger partial charge in [-0.2, -0.15) is 0 Å². The lowest BCUT2D eigenvalue weighted by Crippen LogP contribution is -2.04. The fourth-order valence-corrected chi connectivity index (χ4v) is 2.00. The number of aromatic nitrogens is 4. The molecule has 0 aliphatic heterocycles. The summed E-state index contributed by atoms with van der Waals surface area (Å²) >= 11 is 0. The summed E-state index contributed by atoms with van der Waals surface area (Å²) in [4.78, 5) is 0. The van der Waals surface area contributed by atoms with Crippen molar-refractivity contribution in [3.8, 4) is 5.69 Å². The highest BCUT2D eigenvalue weighted by atomic mass is 15.5. The summed E-state index contributed by atoms with van der Waals surface area (Å²) in [5.74, 6) is 0. The van der Waals surface area contributed by atoms with Crippen LogP contribution < -0.4 is 5.32 Å². The molecule has 0 atom stereocenters. The molecular formula is C14H21N5. The molecule has 1 N–H and O–H groups in total. The average Bonchev–Trinajstić information content (AvgIpc) is 2.94. The van der Waals surface area contributed by atoms with Crippen molar-refractivity contribution in [3.05, 3.63) is 30.1 Å². The van der Waals surface area contributed by atoms with Crippen LogP contribution in [0.3, 0.4) is 0 Å². The predicted molar refractivity (Wildman–Crippen MR) is 76.5 cm³/mol. The Hall–Kier alpha value is -1.91. The molecule has 5 heteroatoms. The highest BCUT2D eigenvalue weighted by molar-refractivity contribution is 5.56. The summed E-state index contributed by atoms with van der Waals surface area (Å²) in [6.45, 7) is 5.35. The molecule has 0 aliphatic carbocycles. The van der Waals surface area contributed by atoms with E-state index in [0.29, 0.717) is 0 Å². The molecule has 0 radical (unpaired) electrons. The number of tetrazole rings is 1. The monoisotopic (exact) mass is 259 g/mol. The first kappa shape index (κ1) is 13.5. The Bertz CT molecular complexity index is 493. The maximum absolute atomic E-state index is 3.91. The molecule has 1 aromatic carbocycles. The molecule has 0 fully saturated rings. The fourth-order valence-electron chi connectivity index (χ4n) is 2.00. The van der Waals surface area contributed by atoms with Crippen molar-refractivity contribution >= 4 is 5.69 Å². The number of nitrogens with zero attached hydrogens (tertiary/aromatic N) is 4. The summed E-state index contributed by atoms with van der Waals surface area (Å²) in [7, 11) is 0. The van der Waals surface area contributed by atoms with Crippen LogP contribution >= 0.6 is 0 Å². The van der Waals surface area contributed by atoms with Crippen molar-refractivity contribution in [2.24, 2.45) is 0 Å². The highest BCUT2D eigenvalue weighted by Gasteiger charge is 2.02. The van der Waals surface area contributed by atoms with E-state index in [2.05, 4.69) is 46.8 Å². The van der Waals surface area contributed by atoms with Gasteiger partial charge in [-0.1, -0.05) is 32.3 Å². The van der Waals surface area contributed by atoms with Gasteiger partial charge in [0.15, 0.2) is 0 Å². The number of benzene rings is 1. The topological polar surface area (TPSA) is 55.6 Å². The number of unbranched alkanes of at least 4 members (excludes halogenated alkanes) is 3. The van der Waals surface area contributed by atoms with Gasteiger partial charge in [0.25, 0.3) is 0 Å². The van der Waals surface area contributed by atoms with Gasteiger partial charge in [-0.3, -0.25) is 0 Å². The lowest BCUT2D eigenvalue weighted by atomic mass is 10.1. The predicted octanol–water partition coefficient (Wildman–Crippen LogP) is 2.96. The van der Waals surface area contributed by atoms with Crippen molar-refractivity contribution in [3.63, 3.8) is 0 Å². The number of nitrogens with one attached hydrogen (secondary N) is 1. The molecule has 0 aliphatic rings. The lowest BCUT2D eigenvalue weighted by Gasteiger charge is -2.11. The van der Waals surface area contributed by atoms with Crippen LogP contribution in [0.1, 0.15) is 38.2 Å². The minimum atomic E-state index is 0.978. The van der Waals surface area contributed by atoms with Crippen molar-refractivity contribution in [2.75, 3.05) is 11.9 Å². The van der Waals surface area contributed by atoms with Gasteiger partial charge in [0, 0.05) is 12.2 Å². The molecule has 19 heavy (non-hydrogen) atoms. The van der Waals surface area contributed by atoms with Crippen molar-refractivity contribution in [2.45, 2.75) is 39.5 Å². The first-order chi connectivity index (χ1) is 9.31. The maximum Gasteiger partial charge on any atom is 0.143 e. The maximum atomic E-state index is 3.91. The van der Waals surface area contributed by atoms with Crippen molar-refractivity contribution < 1.29 is 0 Å². The Balaban J connectivity index is 1.98. The number of anilines is 1. The third-order valence-electron chi connectivity index (χ3n) is 3.18. The molecule has 0 unspecified atom stereocenters. The first-order valence-corrected chi connectivity index (χ1v) is 6.89. The molecule has 0 saturated carbocycles. The van der Waals surface area contributed by atoms with Gasteiger partial charge >= 0.3 is 0 Å². The fraction of sp³-hybridized carbons (Fsp3) is 0.500. The second kappa shape index (κ2) is 6.87. The zero-order chi connectivity index (χ0) is 13.5. The van der Waals surface area contributed by atoms with Gasteiger partial charge < -0.3 is 5.32 Å². The Labute approximate surface area is 114 Å². The molecule has 2 rings (SSSR count). The molecule has 0 amide bonds. The number of hydrogen-bond acceptors (Lipinski definition) is 4. The molecule has 5 nitrogen and oxygen atoms in total. The van der Waals surface area contributed by atoms with Gasteiger partial charge in [0.2, 0.25) is 0 Å². The average molecular weight is 259 g/mol. The van der Waals surface area contributed by atoms with Crippen molar-refractivity contribution in [1.82, 2.24) is 20.2 Å². The Morgan fingerprint density at radius 1 is 1.21 bits per heavy atom. The van der Waals surface area contributed by atoms with Crippen molar-refractivity contribution in [1.29, 1.82) is 0 Å². The Kier molecular flexibility index (Phi) is 4.89. The van der Waals surface area contributed by atoms with Gasteiger partial charge in [-0.25, -0.2) is 4.68 Å². The molecule has 1 heterocycles. The smallest absolute Gasteiger partial charge is 0.143 e. The summed E-state index contributed by atoms with van der Waals surface area (Å²) in [6.07, 6.45) is 6.69. The van der Waals surface area contributed by atoms with E-state index in [1.54, 1.807) is 11.0 Å². The van der Waals surface area contributed by atoms with E-state index in [4.69, 9.17) is 0 Å². The van der Waals surface area contributed by atoms with Crippen LogP contribution in [0, 0.1) is 6.92 Å². The van der Waals surface area contributed by atoms with Crippen LogP contribution in [0.2, 0.25) is 0 Å². The molecule has 102 valence electrons. The quantitative estimate of drug-likeness (QED) is 0.777. The van der Waals surface area contributed by atoms with E-state index in [-0.39, 0.29) is 0 Å². The van der Waals surface area contributed by atoms with E-state index in [9.17, 15) is 0 Å². The second-order valence-electron chi connectivity index (χ2n) is 4.74. The van der Waals surface area contributed by atoms with Gasteiger partial charge in [-0.15, -0.1) is 5.10 Å². The first-order valence-electron chi connectivity index (χ1n) is 6.89. The van der Waals surface area contributed by atoms with E-state index >= 15 is 0 Å². The largest absolute Gasteiger partial charge is 0.385 e. The molecule has 1 aromatic heterocycles. The zero-order valence-corrected chi connectivity index (χ0v) is 11.6. The minimum Gasteiger partial charge on any atom is -0.385 e. The normalized spacial score (nSPS) is 10.6. The van der Waals surface area contributed by atoms with Crippen LogP contribution in [-0.4, -0.2) is 26.8 Å². The number of rotatable bonds is 7. The molecule has 0 spiro atoms. The standard InChI is InChI=1S/C14H21N5/c1-3-4-5-6-9-15-14-10-13(8-7-12(14)2)19-11-16-17-18-19/h7-8,10-11,15H,3-6,9H2,1-2H3. The van der Waals surface area contributed by atoms with E-state index in [1.165, 1.54) is 31.2 Å². The summed E-state index contributed by atoms with van der Waals surface area (Å²) < 4.78 is 1.67. The van der Waals surface area contributed by atoms with Crippen LogP contribution in [0.5, 0.6) is 0 Å². The molecule has 0 bridgehead atoms. The van der Waals surface area contributed by atoms with Gasteiger partial charge in [-0.05, 0) is 41.5 Å². The summed E-state index contributed by atoms with van der Waals surface area (Å²) in [5.41, 5.74) is 3.38. The van der Waals surface area contributed by atoms with Crippen LogP contribution in [0.15, 0.2) is 24.5 Å². The SMILES string of the molecule is CCCCCCNc1cc(-n2cnnn2)ccc1C. The van der Waals surface area contributed by atoms with E-state index < -0.39 is 0 Å². The molecule has 0 saturated heterocycles. The molecular weight excluding hydrogens is 238 g/mol. The Morgan fingerprint density at radius 2 is 2.11 bits per heavy atom. The third-order valence-corrected chi connectivity index (χ3v) is 3.18.